The summed E-state index contributed by atoms with van der Waals surface area (Å²) < 4.78 is 5.75. The van der Waals surface area contributed by atoms with Gasteiger partial charge < -0.3 is 20.3 Å². The third-order valence-corrected chi connectivity index (χ3v) is 5.52. The van der Waals surface area contributed by atoms with Crippen LogP contribution in [-0.2, 0) is 4.79 Å². The predicted octanol–water partition coefficient (Wildman–Crippen LogP) is 3.93. The molecule has 0 saturated carbocycles. The molecule has 2 aliphatic rings. The van der Waals surface area contributed by atoms with E-state index in [1.165, 1.54) is 19.3 Å². The zero-order chi connectivity index (χ0) is 20.9. The van der Waals surface area contributed by atoms with E-state index in [1.807, 2.05) is 0 Å². The summed E-state index contributed by atoms with van der Waals surface area (Å²) in [6, 6.07) is 12.1. The Morgan fingerprint density at radius 1 is 1.13 bits per heavy atom. The number of anilines is 1. The SMILES string of the molecule is O=C1Nc2cc(C(=O)NCCN3CCCCC3)ccc2OC1=Cc1ccc(Cl)cc1. The molecule has 30 heavy (non-hydrogen) atoms. The molecule has 2 aromatic carbocycles. The van der Waals surface area contributed by atoms with Gasteiger partial charge >= 0.3 is 0 Å². The zero-order valence-corrected chi connectivity index (χ0v) is 17.4. The van der Waals surface area contributed by atoms with E-state index in [-0.39, 0.29) is 17.6 Å². The first-order valence-corrected chi connectivity index (χ1v) is 10.6. The summed E-state index contributed by atoms with van der Waals surface area (Å²) in [5.74, 6) is 0.162. The van der Waals surface area contributed by atoms with Crippen LogP contribution in [0.4, 0.5) is 5.69 Å². The Balaban J connectivity index is 1.39. The summed E-state index contributed by atoms with van der Waals surface area (Å²) >= 11 is 5.90. The number of rotatable bonds is 5. The molecule has 4 rings (SSSR count). The maximum Gasteiger partial charge on any atom is 0.291 e. The van der Waals surface area contributed by atoms with Gasteiger partial charge in [0, 0.05) is 23.7 Å². The molecule has 2 N–H and O–H groups in total. The van der Waals surface area contributed by atoms with Gasteiger partial charge in [0.15, 0.2) is 11.5 Å². The fourth-order valence-corrected chi connectivity index (χ4v) is 3.75. The van der Waals surface area contributed by atoms with E-state index in [0.717, 1.165) is 25.2 Å². The molecule has 0 atom stereocenters. The van der Waals surface area contributed by atoms with Crippen LogP contribution in [-0.4, -0.2) is 42.9 Å². The quantitative estimate of drug-likeness (QED) is 0.712. The number of amides is 2. The fraction of sp³-hybridized carbons (Fsp3) is 0.304. The van der Waals surface area contributed by atoms with E-state index in [9.17, 15) is 9.59 Å². The lowest BCUT2D eigenvalue weighted by Gasteiger charge is -2.26. The topological polar surface area (TPSA) is 70.7 Å². The second kappa shape index (κ2) is 9.32. The molecule has 2 amide bonds. The molecule has 7 heteroatoms. The van der Waals surface area contributed by atoms with Gasteiger partial charge in [0.2, 0.25) is 0 Å². The molecule has 1 fully saturated rings. The zero-order valence-electron chi connectivity index (χ0n) is 16.6. The number of hydrogen-bond acceptors (Lipinski definition) is 4. The lowest BCUT2D eigenvalue weighted by molar-refractivity contribution is -0.115. The highest BCUT2D eigenvalue weighted by atomic mass is 35.5. The largest absolute Gasteiger partial charge is 0.449 e. The molecule has 2 aromatic rings. The van der Waals surface area contributed by atoms with Crippen LogP contribution in [0.15, 0.2) is 48.2 Å². The van der Waals surface area contributed by atoms with E-state index in [1.54, 1.807) is 48.5 Å². The van der Waals surface area contributed by atoms with Gasteiger partial charge in [-0.1, -0.05) is 30.2 Å². The number of ether oxygens (including phenoxy) is 1. The van der Waals surface area contributed by atoms with Crippen molar-refractivity contribution in [1.82, 2.24) is 10.2 Å². The lowest BCUT2D eigenvalue weighted by atomic mass is 10.1. The van der Waals surface area contributed by atoms with Crippen molar-refractivity contribution < 1.29 is 14.3 Å². The van der Waals surface area contributed by atoms with Crippen LogP contribution < -0.4 is 15.4 Å². The summed E-state index contributed by atoms with van der Waals surface area (Å²) in [7, 11) is 0. The number of carbonyl (C=O) groups is 2. The number of nitrogens with zero attached hydrogens (tertiary/aromatic N) is 1. The first-order chi connectivity index (χ1) is 14.6. The first-order valence-electron chi connectivity index (χ1n) is 10.2. The fourth-order valence-electron chi connectivity index (χ4n) is 3.62. The average molecular weight is 426 g/mol. The van der Waals surface area contributed by atoms with E-state index < -0.39 is 0 Å². The van der Waals surface area contributed by atoms with Crippen LogP contribution in [0.5, 0.6) is 5.75 Å². The van der Waals surface area contributed by atoms with Crippen molar-refractivity contribution in [3.8, 4) is 5.75 Å². The molecule has 6 nitrogen and oxygen atoms in total. The van der Waals surface area contributed by atoms with Gasteiger partial charge in [-0.05, 0) is 67.9 Å². The number of fused-ring (bicyclic) bond motifs is 1. The molecular weight excluding hydrogens is 402 g/mol. The van der Waals surface area contributed by atoms with Gasteiger partial charge in [-0.25, -0.2) is 0 Å². The number of carbonyl (C=O) groups excluding carboxylic acids is 2. The normalized spacial score (nSPS) is 17.8. The Bertz CT molecular complexity index is 966. The van der Waals surface area contributed by atoms with Crippen LogP contribution in [0.2, 0.25) is 5.02 Å². The van der Waals surface area contributed by atoms with Crippen molar-refractivity contribution in [2.24, 2.45) is 0 Å². The van der Waals surface area contributed by atoms with Crippen molar-refractivity contribution >= 4 is 35.2 Å². The van der Waals surface area contributed by atoms with E-state index in [0.29, 0.717) is 28.6 Å². The number of likely N-dealkylation sites (tertiary alicyclic amines) is 1. The molecule has 2 aliphatic heterocycles. The highest BCUT2D eigenvalue weighted by Crippen LogP contribution is 2.32. The second-order valence-corrected chi connectivity index (χ2v) is 7.92. The smallest absolute Gasteiger partial charge is 0.291 e. The molecular formula is C23H24ClN3O3. The summed E-state index contributed by atoms with van der Waals surface area (Å²) in [5.41, 5.74) is 1.77. The maximum absolute atomic E-state index is 12.5. The maximum atomic E-state index is 12.5. The predicted molar refractivity (Wildman–Crippen MR) is 118 cm³/mol. The summed E-state index contributed by atoms with van der Waals surface area (Å²) in [6.45, 7) is 3.66. The van der Waals surface area contributed by atoms with Crippen LogP contribution in [0, 0.1) is 0 Å². The average Bonchev–Trinajstić information content (AvgIpc) is 2.76. The molecule has 1 saturated heterocycles. The summed E-state index contributed by atoms with van der Waals surface area (Å²) in [5, 5.41) is 6.38. The minimum atomic E-state index is -0.361. The third kappa shape index (κ3) is 5.01. The lowest BCUT2D eigenvalue weighted by Crippen LogP contribution is -2.37. The molecule has 0 aromatic heterocycles. The number of piperidine rings is 1. The van der Waals surface area contributed by atoms with Crippen LogP contribution in [0.3, 0.4) is 0 Å². The van der Waals surface area contributed by atoms with E-state index >= 15 is 0 Å². The molecule has 156 valence electrons. The Kier molecular flexibility index (Phi) is 6.35. The molecule has 2 heterocycles. The van der Waals surface area contributed by atoms with Crippen LogP contribution in [0.25, 0.3) is 6.08 Å². The highest BCUT2D eigenvalue weighted by molar-refractivity contribution is 6.30. The van der Waals surface area contributed by atoms with Gasteiger partial charge in [-0.2, -0.15) is 0 Å². The second-order valence-electron chi connectivity index (χ2n) is 7.49. The molecule has 0 unspecified atom stereocenters. The minimum absolute atomic E-state index is 0.161. The van der Waals surface area contributed by atoms with E-state index in [2.05, 4.69) is 15.5 Å². The Morgan fingerprint density at radius 2 is 1.90 bits per heavy atom. The van der Waals surface area contributed by atoms with Gasteiger partial charge in [0.05, 0.1) is 5.69 Å². The van der Waals surface area contributed by atoms with Gasteiger partial charge in [-0.3, -0.25) is 9.59 Å². The number of nitrogens with one attached hydrogen (secondary N) is 2. The first kappa shape index (κ1) is 20.4. The Labute approximate surface area is 180 Å². The number of benzene rings is 2. The molecule has 0 aliphatic carbocycles. The molecule has 0 spiro atoms. The Morgan fingerprint density at radius 3 is 2.67 bits per heavy atom. The standard InChI is InChI=1S/C23H24ClN3O3/c24-18-7-4-16(5-8-18)14-21-23(29)26-19-15-17(6-9-20(19)30-21)22(28)25-10-13-27-11-2-1-3-12-27/h4-9,14-15H,1-3,10-13H2,(H,25,28)(H,26,29). The monoisotopic (exact) mass is 425 g/mol. The Hall–Kier alpha value is -2.83. The van der Waals surface area contributed by atoms with Crippen molar-refractivity contribution in [3.63, 3.8) is 0 Å². The van der Waals surface area contributed by atoms with Crippen molar-refractivity contribution in [1.29, 1.82) is 0 Å². The molecule has 0 bridgehead atoms. The van der Waals surface area contributed by atoms with Crippen molar-refractivity contribution in [2.75, 3.05) is 31.5 Å². The summed E-state index contributed by atoms with van der Waals surface area (Å²) in [4.78, 5) is 27.3. The number of halogens is 1. The van der Waals surface area contributed by atoms with Gasteiger partial charge in [-0.15, -0.1) is 0 Å². The number of hydrogen-bond donors (Lipinski definition) is 2. The summed E-state index contributed by atoms with van der Waals surface area (Å²) in [6.07, 6.45) is 5.40. The highest BCUT2D eigenvalue weighted by Gasteiger charge is 2.23. The van der Waals surface area contributed by atoms with Crippen LogP contribution in [0.1, 0.15) is 35.2 Å². The van der Waals surface area contributed by atoms with Crippen molar-refractivity contribution in [3.05, 3.63) is 64.4 Å². The third-order valence-electron chi connectivity index (χ3n) is 5.26. The van der Waals surface area contributed by atoms with E-state index in [4.69, 9.17) is 16.3 Å². The van der Waals surface area contributed by atoms with Gasteiger partial charge in [0.1, 0.15) is 0 Å². The van der Waals surface area contributed by atoms with Crippen LogP contribution >= 0.6 is 11.6 Å². The minimum Gasteiger partial charge on any atom is -0.449 e. The van der Waals surface area contributed by atoms with Gasteiger partial charge in [0.25, 0.3) is 11.8 Å². The molecule has 0 radical (unpaired) electrons. The van der Waals surface area contributed by atoms with Crippen molar-refractivity contribution in [2.45, 2.75) is 19.3 Å².